The molecule has 0 fully saturated rings. The second-order valence-corrected chi connectivity index (χ2v) is 6.35. The zero-order chi connectivity index (χ0) is 21.3. The number of hydrogen-bond acceptors (Lipinski definition) is 4. The highest BCUT2D eigenvalue weighted by atomic mass is 19.4. The molecule has 0 saturated carbocycles. The van der Waals surface area contributed by atoms with Gasteiger partial charge in [0.1, 0.15) is 17.1 Å². The summed E-state index contributed by atoms with van der Waals surface area (Å²) in [7, 11) is 0. The van der Waals surface area contributed by atoms with Gasteiger partial charge in [-0.25, -0.2) is 9.18 Å². The average Bonchev–Trinajstić information content (AvgIpc) is 2.63. The summed E-state index contributed by atoms with van der Waals surface area (Å²) in [6.45, 7) is 2.99. The van der Waals surface area contributed by atoms with Crippen LogP contribution in [0.3, 0.4) is 0 Å². The first-order chi connectivity index (χ1) is 13.5. The lowest BCUT2D eigenvalue weighted by Crippen LogP contribution is -2.30. The number of fused-ring (bicyclic) bond motifs is 1. The van der Waals surface area contributed by atoms with E-state index in [0.717, 1.165) is 18.2 Å². The van der Waals surface area contributed by atoms with E-state index in [9.17, 15) is 27.2 Å². The molecule has 3 rings (SSSR count). The number of carbonyl (C=O) groups is 1. The van der Waals surface area contributed by atoms with Crippen LogP contribution in [-0.4, -0.2) is 12.0 Å². The van der Waals surface area contributed by atoms with Crippen LogP contribution in [0.4, 0.5) is 23.2 Å². The molecule has 0 aliphatic carbocycles. The molecule has 0 saturated heterocycles. The first-order valence-electron chi connectivity index (χ1n) is 8.43. The van der Waals surface area contributed by atoms with Crippen molar-refractivity contribution in [1.29, 1.82) is 0 Å². The maximum absolute atomic E-state index is 13.6. The van der Waals surface area contributed by atoms with Gasteiger partial charge in [0.25, 0.3) is 5.91 Å². The van der Waals surface area contributed by atoms with Gasteiger partial charge in [-0.1, -0.05) is 6.07 Å². The fourth-order valence-corrected chi connectivity index (χ4v) is 2.62. The Balaban J connectivity index is 1.81. The van der Waals surface area contributed by atoms with Gasteiger partial charge in [0, 0.05) is 23.2 Å². The Labute approximate surface area is 161 Å². The second-order valence-electron chi connectivity index (χ2n) is 6.35. The lowest BCUT2D eigenvalue weighted by Gasteiger charge is -2.16. The largest absolute Gasteiger partial charge is 0.481 e. The van der Waals surface area contributed by atoms with Crippen molar-refractivity contribution in [1.82, 2.24) is 0 Å². The molecule has 1 aromatic heterocycles. The van der Waals surface area contributed by atoms with Crippen LogP contribution < -0.4 is 15.7 Å². The number of anilines is 1. The first-order valence-corrected chi connectivity index (χ1v) is 8.43. The van der Waals surface area contributed by atoms with E-state index >= 15 is 0 Å². The highest BCUT2D eigenvalue weighted by molar-refractivity contribution is 5.94. The minimum atomic E-state index is -4.73. The van der Waals surface area contributed by atoms with Gasteiger partial charge in [0.15, 0.2) is 6.10 Å². The Hall–Kier alpha value is -3.36. The van der Waals surface area contributed by atoms with Gasteiger partial charge in [0.05, 0.1) is 5.56 Å². The minimum Gasteiger partial charge on any atom is -0.481 e. The molecule has 0 aliphatic heterocycles. The molecule has 9 heteroatoms. The molecule has 1 amide bonds. The number of carbonyl (C=O) groups excluding carboxylic acids is 1. The molecule has 2 aromatic carbocycles. The Kier molecular flexibility index (Phi) is 5.32. The summed E-state index contributed by atoms with van der Waals surface area (Å²) < 4.78 is 63.1. The van der Waals surface area contributed by atoms with Crippen LogP contribution in [0.15, 0.2) is 51.7 Å². The number of hydrogen-bond donors (Lipinski definition) is 1. The molecule has 0 aliphatic rings. The van der Waals surface area contributed by atoms with Crippen molar-refractivity contribution in [3.8, 4) is 5.75 Å². The average molecular weight is 409 g/mol. The molecular weight excluding hydrogens is 394 g/mol. The van der Waals surface area contributed by atoms with E-state index in [1.54, 1.807) is 6.92 Å². The van der Waals surface area contributed by atoms with E-state index in [2.05, 4.69) is 5.32 Å². The van der Waals surface area contributed by atoms with Crippen LogP contribution in [0.2, 0.25) is 0 Å². The molecule has 152 valence electrons. The molecule has 0 spiro atoms. The lowest BCUT2D eigenvalue weighted by atomic mass is 10.1. The van der Waals surface area contributed by atoms with Crippen molar-refractivity contribution in [3.63, 3.8) is 0 Å². The molecule has 29 heavy (non-hydrogen) atoms. The number of ether oxygens (including phenoxy) is 1. The van der Waals surface area contributed by atoms with Crippen LogP contribution in [0.25, 0.3) is 11.0 Å². The summed E-state index contributed by atoms with van der Waals surface area (Å²) in [6, 6.07) is 7.97. The fourth-order valence-electron chi connectivity index (χ4n) is 2.62. The third kappa shape index (κ3) is 4.56. The summed E-state index contributed by atoms with van der Waals surface area (Å²) in [5.74, 6) is -1.06. The number of benzene rings is 2. The molecule has 1 heterocycles. The van der Waals surface area contributed by atoms with Gasteiger partial charge < -0.3 is 14.5 Å². The van der Waals surface area contributed by atoms with Crippen LogP contribution in [0.5, 0.6) is 5.75 Å². The maximum Gasteiger partial charge on any atom is 0.417 e. The third-order valence-corrected chi connectivity index (χ3v) is 4.14. The standard InChI is InChI=1S/C20H15F4NO4/c1-10-3-4-12(7-16(10)21)25-19(27)11(2)28-13-5-6-14-15(20(22,23)24)9-18(26)29-17(14)8-13/h3-9,11H,1-2H3,(H,25,27). The maximum atomic E-state index is 13.6. The summed E-state index contributed by atoms with van der Waals surface area (Å²) in [5, 5.41) is 2.17. The van der Waals surface area contributed by atoms with Gasteiger partial charge in [-0.3, -0.25) is 4.79 Å². The van der Waals surface area contributed by atoms with Crippen LogP contribution in [0.1, 0.15) is 18.1 Å². The smallest absolute Gasteiger partial charge is 0.417 e. The zero-order valence-electron chi connectivity index (χ0n) is 15.3. The molecule has 5 nitrogen and oxygen atoms in total. The van der Waals surface area contributed by atoms with E-state index < -0.39 is 35.2 Å². The predicted octanol–water partition coefficient (Wildman–Crippen LogP) is 4.67. The van der Waals surface area contributed by atoms with E-state index in [1.807, 2.05) is 0 Å². The number of aryl methyl sites for hydroxylation is 1. The molecule has 3 aromatic rings. The van der Waals surface area contributed by atoms with E-state index in [1.165, 1.54) is 25.1 Å². The lowest BCUT2D eigenvalue weighted by molar-refractivity contribution is -0.136. The normalized spacial score (nSPS) is 12.6. The van der Waals surface area contributed by atoms with Crippen molar-refractivity contribution in [2.45, 2.75) is 26.1 Å². The van der Waals surface area contributed by atoms with Crippen LogP contribution >= 0.6 is 0 Å². The molecular formula is C20H15F4NO4. The minimum absolute atomic E-state index is 0.0257. The Morgan fingerprint density at radius 3 is 2.52 bits per heavy atom. The van der Waals surface area contributed by atoms with Crippen molar-refractivity contribution in [3.05, 3.63) is 69.8 Å². The van der Waals surface area contributed by atoms with Crippen molar-refractivity contribution < 1.29 is 31.5 Å². The molecule has 1 N–H and O–H groups in total. The van der Waals surface area contributed by atoms with Crippen LogP contribution in [-0.2, 0) is 11.0 Å². The highest BCUT2D eigenvalue weighted by Gasteiger charge is 2.34. The first kappa shape index (κ1) is 20.4. The number of alkyl halides is 3. The summed E-state index contributed by atoms with van der Waals surface area (Å²) in [6.07, 6.45) is -5.79. The number of halogens is 4. The Morgan fingerprint density at radius 1 is 1.14 bits per heavy atom. The van der Waals surface area contributed by atoms with Crippen molar-refractivity contribution >= 4 is 22.6 Å². The van der Waals surface area contributed by atoms with Gasteiger partial charge in [-0.2, -0.15) is 13.2 Å². The molecule has 0 radical (unpaired) electrons. The van der Waals surface area contributed by atoms with E-state index in [4.69, 9.17) is 9.15 Å². The highest BCUT2D eigenvalue weighted by Crippen LogP contribution is 2.35. The van der Waals surface area contributed by atoms with E-state index in [-0.39, 0.29) is 22.4 Å². The SMILES string of the molecule is Cc1ccc(NC(=O)C(C)Oc2ccc3c(C(F)(F)F)cc(=O)oc3c2)cc1F. The second kappa shape index (κ2) is 7.57. The fraction of sp³-hybridized carbons (Fsp3) is 0.200. The Bertz CT molecular complexity index is 1140. The number of amides is 1. The van der Waals surface area contributed by atoms with Crippen LogP contribution in [0, 0.1) is 12.7 Å². The van der Waals surface area contributed by atoms with Crippen molar-refractivity contribution in [2.75, 3.05) is 5.32 Å². The summed E-state index contributed by atoms with van der Waals surface area (Å²) in [4.78, 5) is 23.7. The van der Waals surface area contributed by atoms with E-state index in [0.29, 0.717) is 11.6 Å². The molecule has 1 unspecified atom stereocenters. The monoisotopic (exact) mass is 409 g/mol. The van der Waals surface area contributed by atoms with Gasteiger partial charge in [-0.15, -0.1) is 0 Å². The zero-order valence-corrected chi connectivity index (χ0v) is 15.3. The number of nitrogens with one attached hydrogen (secondary N) is 1. The van der Waals surface area contributed by atoms with Gasteiger partial charge >= 0.3 is 11.8 Å². The third-order valence-electron chi connectivity index (χ3n) is 4.14. The van der Waals surface area contributed by atoms with Crippen molar-refractivity contribution in [2.24, 2.45) is 0 Å². The summed E-state index contributed by atoms with van der Waals surface area (Å²) in [5.41, 5.74) is -1.96. The topological polar surface area (TPSA) is 68.5 Å². The van der Waals surface area contributed by atoms with Gasteiger partial charge in [0.2, 0.25) is 0 Å². The Morgan fingerprint density at radius 2 is 1.86 bits per heavy atom. The van der Waals surface area contributed by atoms with Gasteiger partial charge in [-0.05, 0) is 43.7 Å². The number of rotatable bonds is 4. The quantitative estimate of drug-likeness (QED) is 0.503. The molecule has 1 atom stereocenters. The summed E-state index contributed by atoms with van der Waals surface area (Å²) >= 11 is 0. The molecule has 0 bridgehead atoms. The predicted molar refractivity (Wildman–Crippen MR) is 97.3 cm³/mol.